The Morgan fingerprint density at radius 3 is 2.66 bits per heavy atom. The Morgan fingerprint density at radius 2 is 1.91 bits per heavy atom. The predicted octanol–water partition coefficient (Wildman–Crippen LogP) is 4.14. The number of carbonyl (C=O) groups excluding carboxylic acids is 1. The Morgan fingerprint density at radius 1 is 1.14 bits per heavy atom. The van der Waals surface area contributed by atoms with Gasteiger partial charge in [0.15, 0.2) is 5.16 Å². The molecular weight excluding hydrogens is 474 g/mol. The minimum absolute atomic E-state index is 0.0533. The lowest BCUT2D eigenvalue weighted by Gasteiger charge is -2.13. The van der Waals surface area contributed by atoms with Gasteiger partial charge in [0.2, 0.25) is 5.91 Å². The van der Waals surface area contributed by atoms with Gasteiger partial charge in [-0.3, -0.25) is 9.59 Å². The third-order valence-corrected chi connectivity index (χ3v) is 6.03. The van der Waals surface area contributed by atoms with Crippen molar-refractivity contribution in [3.63, 3.8) is 0 Å². The summed E-state index contributed by atoms with van der Waals surface area (Å²) in [5.74, 6) is 0.355. The van der Waals surface area contributed by atoms with Gasteiger partial charge in [0.05, 0.1) is 16.7 Å². The van der Waals surface area contributed by atoms with Gasteiger partial charge in [-0.25, -0.2) is 14.5 Å². The molecule has 0 fully saturated rings. The van der Waals surface area contributed by atoms with Crippen LogP contribution in [-0.2, 0) is 11.2 Å². The zero-order chi connectivity index (χ0) is 24.8. The molecule has 0 saturated carbocycles. The molecule has 1 N–H and O–H groups in total. The summed E-state index contributed by atoms with van der Waals surface area (Å²) in [4.78, 5) is 34.6. The maximum atomic E-state index is 13.2. The van der Waals surface area contributed by atoms with E-state index in [4.69, 9.17) is 0 Å². The van der Waals surface area contributed by atoms with E-state index in [0.29, 0.717) is 34.8 Å². The molecule has 35 heavy (non-hydrogen) atoms. The number of pyridine rings is 1. The first-order chi connectivity index (χ1) is 16.9. The summed E-state index contributed by atoms with van der Waals surface area (Å²) >= 11 is 1.15. The fraction of sp³-hybridized carbons (Fsp3) is 0.200. The minimum atomic E-state index is -2.87. The number of amides is 1. The topological polar surface area (TPSA) is 86.1 Å². The molecule has 180 valence electrons. The molecule has 7 nitrogen and oxygen atoms in total. The van der Waals surface area contributed by atoms with Gasteiger partial charge < -0.3 is 10.1 Å². The molecule has 0 bridgehead atoms. The lowest BCUT2D eigenvalue weighted by atomic mass is 10.1. The van der Waals surface area contributed by atoms with Crippen LogP contribution in [0.2, 0.25) is 0 Å². The quantitative estimate of drug-likeness (QED) is 0.277. The molecule has 0 radical (unpaired) electrons. The zero-order valence-corrected chi connectivity index (χ0v) is 19.6. The van der Waals surface area contributed by atoms with E-state index in [0.717, 1.165) is 22.9 Å². The number of hydrogen-bond acceptors (Lipinski definition) is 6. The third-order valence-electron chi connectivity index (χ3n) is 5.09. The van der Waals surface area contributed by atoms with E-state index < -0.39 is 6.61 Å². The molecule has 0 unspecified atom stereocenters. The highest BCUT2D eigenvalue weighted by atomic mass is 32.2. The van der Waals surface area contributed by atoms with Gasteiger partial charge in [-0.05, 0) is 60.9 Å². The van der Waals surface area contributed by atoms with Gasteiger partial charge in [0, 0.05) is 12.7 Å². The molecule has 0 aliphatic rings. The average Bonchev–Trinajstić information content (AvgIpc) is 2.83. The number of fused-ring (bicyclic) bond motifs is 1. The molecule has 0 atom stereocenters. The van der Waals surface area contributed by atoms with E-state index in [2.05, 4.69) is 20.0 Å². The van der Waals surface area contributed by atoms with Gasteiger partial charge in [-0.15, -0.1) is 0 Å². The number of para-hydroxylation sites is 1. The number of benzene rings is 2. The first kappa shape index (κ1) is 24.3. The molecule has 2 heterocycles. The second kappa shape index (κ2) is 11.1. The molecule has 0 saturated heterocycles. The van der Waals surface area contributed by atoms with Crippen molar-refractivity contribution in [2.24, 2.45) is 0 Å². The van der Waals surface area contributed by atoms with Crippen molar-refractivity contribution in [3.8, 4) is 11.6 Å². The van der Waals surface area contributed by atoms with Crippen molar-refractivity contribution >= 4 is 28.6 Å². The van der Waals surface area contributed by atoms with Crippen LogP contribution in [0.25, 0.3) is 16.7 Å². The van der Waals surface area contributed by atoms with Crippen molar-refractivity contribution < 1.29 is 18.3 Å². The van der Waals surface area contributed by atoms with Gasteiger partial charge in [-0.1, -0.05) is 36.0 Å². The molecule has 10 heteroatoms. The molecule has 2 aromatic heterocycles. The predicted molar refractivity (Wildman–Crippen MR) is 130 cm³/mol. The number of ether oxygens (including phenoxy) is 1. The molecule has 0 aliphatic carbocycles. The third kappa shape index (κ3) is 6.21. The Balaban J connectivity index is 1.43. The van der Waals surface area contributed by atoms with Crippen LogP contribution in [0.15, 0.2) is 76.8 Å². The summed E-state index contributed by atoms with van der Waals surface area (Å²) < 4.78 is 30.3. The zero-order valence-electron chi connectivity index (χ0n) is 18.8. The fourth-order valence-electron chi connectivity index (χ4n) is 3.42. The Labute approximate surface area is 204 Å². The number of nitrogens with one attached hydrogen (secondary N) is 1. The van der Waals surface area contributed by atoms with E-state index in [9.17, 15) is 18.4 Å². The number of aryl methyl sites for hydroxylation is 1. The van der Waals surface area contributed by atoms with E-state index >= 15 is 0 Å². The van der Waals surface area contributed by atoms with Crippen LogP contribution in [-0.4, -0.2) is 39.4 Å². The first-order valence-corrected chi connectivity index (χ1v) is 11.8. The van der Waals surface area contributed by atoms with Crippen molar-refractivity contribution in [1.82, 2.24) is 19.9 Å². The van der Waals surface area contributed by atoms with Crippen LogP contribution in [0.4, 0.5) is 8.78 Å². The van der Waals surface area contributed by atoms with Crippen molar-refractivity contribution in [2.45, 2.75) is 25.1 Å². The lowest BCUT2D eigenvalue weighted by molar-refractivity contribution is -0.118. The molecule has 4 rings (SSSR count). The molecule has 2 aromatic carbocycles. The number of hydrogen-bond donors (Lipinski definition) is 1. The number of alkyl halides is 2. The van der Waals surface area contributed by atoms with E-state index in [1.165, 1.54) is 16.7 Å². The van der Waals surface area contributed by atoms with Crippen LogP contribution < -0.4 is 15.6 Å². The number of nitrogens with zero attached hydrogens (tertiary/aromatic N) is 3. The van der Waals surface area contributed by atoms with E-state index in [1.54, 1.807) is 48.7 Å². The van der Waals surface area contributed by atoms with Crippen LogP contribution >= 0.6 is 11.8 Å². The summed E-state index contributed by atoms with van der Waals surface area (Å²) in [5.41, 5.74) is 2.10. The lowest BCUT2D eigenvalue weighted by Crippen LogP contribution is -2.28. The number of rotatable bonds is 9. The first-order valence-electron chi connectivity index (χ1n) is 10.8. The summed E-state index contributed by atoms with van der Waals surface area (Å²) in [6.45, 7) is -0.594. The second-order valence-electron chi connectivity index (χ2n) is 7.65. The second-order valence-corrected chi connectivity index (χ2v) is 8.60. The molecule has 4 aromatic rings. The Bertz CT molecular complexity index is 1390. The maximum absolute atomic E-state index is 13.2. The monoisotopic (exact) mass is 496 g/mol. The van der Waals surface area contributed by atoms with Gasteiger partial charge in [0.1, 0.15) is 11.6 Å². The summed E-state index contributed by atoms with van der Waals surface area (Å²) in [7, 11) is 0. The highest BCUT2D eigenvalue weighted by Crippen LogP contribution is 2.21. The van der Waals surface area contributed by atoms with Crippen LogP contribution in [0.5, 0.6) is 5.75 Å². The van der Waals surface area contributed by atoms with Crippen molar-refractivity contribution in [1.29, 1.82) is 0 Å². The summed E-state index contributed by atoms with van der Waals surface area (Å²) in [6, 6.07) is 16.9. The maximum Gasteiger partial charge on any atom is 0.387 e. The summed E-state index contributed by atoms with van der Waals surface area (Å²) in [6.07, 6.45) is 2.15. The van der Waals surface area contributed by atoms with Crippen LogP contribution in [0.3, 0.4) is 0 Å². The molecule has 0 spiro atoms. The van der Waals surface area contributed by atoms with Gasteiger partial charge in [-0.2, -0.15) is 8.78 Å². The van der Waals surface area contributed by atoms with E-state index in [-0.39, 0.29) is 23.0 Å². The molecule has 1 amide bonds. The van der Waals surface area contributed by atoms with Gasteiger partial charge >= 0.3 is 6.61 Å². The number of carbonyl (C=O) groups is 1. The summed E-state index contributed by atoms with van der Waals surface area (Å²) in [5, 5.41) is 3.67. The number of aromatic nitrogens is 3. The van der Waals surface area contributed by atoms with Crippen molar-refractivity contribution in [2.75, 3.05) is 12.3 Å². The minimum Gasteiger partial charge on any atom is -0.435 e. The van der Waals surface area contributed by atoms with Crippen LogP contribution in [0, 0.1) is 6.92 Å². The fourth-order valence-corrected chi connectivity index (χ4v) is 4.25. The number of halogens is 2. The largest absolute Gasteiger partial charge is 0.435 e. The molecule has 0 aliphatic heterocycles. The van der Waals surface area contributed by atoms with Crippen LogP contribution in [0.1, 0.15) is 11.1 Å². The van der Waals surface area contributed by atoms with Gasteiger partial charge in [0.25, 0.3) is 5.56 Å². The highest BCUT2D eigenvalue weighted by molar-refractivity contribution is 7.99. The Kier molecular flexibility index (Phi) is 7.71. The SMILES string of the molecule is Cc1ccnc(-n2c(SCC(=O)NCCc3ccc(OC(F)F)cc3)nc3ccccc3c2=O)c1. The number of thioether (sulfide) groups is 1. The highest BCUT2D eigenvalue weighted by Gasteiger charge is 2.15. The average molecular weight is 497 g/mol. The standard InChI is InChI=1S/C25H22F2N4O3S/c1-16-10-12-28-21(14-16)31-23(33)19-4-2-3-5-20(19)30-25(31)35-15-22(32)29-13-11-17-6-8-18(9-7-17)34-24(26)27/h2-10,12,14,24H,11,13,15H2,1H3,(H,29,32). The Hall–Kier alpha value is -3.79. The van der Waals surface area contributed by atoms with E-state index in [1.807, 2.05) is 13.0 Å². The molecular formula is C25H22F2N4O3S. The normalized spacial score (nSPS) is 11.1. The van der Waals surface area contributed by atoms with Crippen molar-refractivity contribution in [3.05, 3.63) is 88.3 Å². The smallest absolute Gasteiger partial charge is 0.387 e.